The number of hydrogen-bond acceptors (Lipinski definition) is 2. The molecule has 1 atom stereocenters. The van der Waals surface area contributed by atoms with Crippen LogP contribution in [0, 0.1) is 5.92 Å². The predicted octanol–water partition coefficient (Wildman–Crippen LogP) is 1.74. The van der Waals surface area contributed by atoms with Crippen LogP contribution in [0.15, 0.2) is 24.7 Å². The van der Waals surface area contributed by atoms with E-state index in [0.717, 1.165) is 18.9 Å². The molecule has 0 aromatic carbocycles. The highest BCUT2D eigenvalue weighted by Gasteiger charge is 2.11. The van der Waals surface area contributed by atoms with E-state index in [0.29, 0.717) is 6.54 Å². The quantitative estimate of drug-likeness (QED) is 0.761. The molecule has 0 fully saturated rings. The molecule has 1 aromatic rings. The zero-order chi connectivity index (χ0) is 10.5. The van der Waals surface area contributed by atoms with Crippen molar-refractivity contribution in [3.63, 3.8) is 0 Å². The standard InChI is InChI=1S/C12H19N3/c13-7-6-12-8-14-10-15(12)9-11-4-2-1-3-5-11/h1-2,8,10-11H,3-7,9,13H2. The van der Waals surface area contributed by atoms with Crippen molar-refractivity contribution >= 4 is 0 Å². The van der Waals surface area contributed by atoms with Gasteiger partial charge in [0.15, 0.2) is 0 Å². The van der Waals surface area contributed by atoms with Gasteiger partial charge in [-0.2, -0.15) is 0 Å². The van der Waals surface area contributed by atoms with Gasteiger partial charge in [0.05, 0.1) is 6.33 Å². The van der Waals surface area contributed by atoms with Crippen molar-refractivity contribution in [3.05, 3.63) is 30.4 Å². The van der Waals surface area contributed by atoms with Crippen LogP contribution < -0.4 is 5.73 Å². The molecule has 0 saturated carbocycles. The number of rotatable bonds is 4. The Morgan fingerprint density at radius 3 is 3.13 bits per heavy atom. The van der Waals surface area contributed by atoms with E-state index < -0.39 is 0 Å². The summed E-state index contributed by atoms with van der Waals surface area (Å²) in [4.78, 5) is 4.20. The second-order valence-corrected chi connectivity index (χ2v) is 4.23. The van der Waals surface area contributed by atoms with Gasteiger partial charge in [0.2, 0.25) is 0 Å². The summed E-state index contributed by atoms with van der Waals surface area (Å²) >= 11 is 0. The van der Waals surface area contributed by atoms with E-state index in [1.807, 2.05) is 12.5 Å². The Balaban J connectivity index is 1.97. The molecular formula is C12H19N3. The van der Waals surface area contributed by atoms with Gasteiger partial charge in [-0.3, -0.25) is 0 Å². The minimum atomic E-state index is 0.705. The highest BCUT2D eigenvalue weighted by Crippen LogP contribution is 2.20. The van der Waals surface area contributed by atoms with Gasteiger partial charge < -0.3 is 10.3 Å². The van der Waals surface area contributed by atoms with Crippen LogP contribution >= 0.6 is 0 Å². The maximum absolute atomic E-state index is 5.57. The van der Waals surface area contributed by atoms with Gasteiger partial charge in [0, 0.05) is 24.9 Å². The summed E-state index contributed by atoms with van der Waals surface area (Å²) in [6.45, 7) is 1.80. The molecule has 0 aliphatic heterocycles. The fourth-order valence-electron chi connectivity index (χ4n) is 2.17. The summed E-state index contributed by atoms with van der Waals surface area (Å²) in [5.41, 5.74) is 6.84. The van der Waals surface area contributed by atoms with Crippen molar-refractivity contribution in [3.8, 4) is 0 Å². The van der Waals surface area contributed by atoms with Crippen molar-refractivity contribution in [1.29, 1.82) is 0 Å². The highest BCUT2D eigenvalue weighted by atomic mass is 15.0. The number of aromatic nitrogens is 2. The third kappa shape index (κ3) is 2.69. The topological polar surface area (TPSA) is 43.8 Å². The van der Waals surface area contributed by atoms with Crippen LogP contribution in [0.25, 0.3) is 0 Å². The van der Waals surface area contributed by atoms with Gasteiger partial charge in [-0.1, -0.05) is 12.2 Å². The lowest BCUT2D eigenvalue weighted by Crippen LogP contribution is -2.15. The van der Waals surface area contributed by atoms with Crippen LogP contribution in [0.3, 0.4) is 0 Å². The average Bonchev–Trinajstić information content (AvgIpc) is 2.68. The zero-order valence-corrected chi connectivity index (χ0v) is 9.10. The first-order chi connectivity index (χ1) is 7.40. The number of hydrogen-bond donors (Lipinski definition) is 1. The molecule has 1 unspecified atom stereocenters. The molecule has 1 aliphatic rings. The van der Waals surface area contributed by atoms with E-state index in [4.69, 9.17) is 5.73 Å². The lowest BCUT2D eigenvalue weighted by Gasteiger charge is -2.19. The minimum absolute atomic E-state index is 0.705. The molecule has 0 saturated heterocycles. The Hall–Kier alpha value is -1.09. The normalized spacial score (nSPS) is 20.7. The maximum atomic E-state index is 5.57. The Bertz CT molecular complexity index is 327. The molecule has 2 rings (SSSR count). The SMILES string of the molecule is NCCc1cncn1CC1CC=CCC1. The zero-order valence-electron chi connectivity index (χ0n) is 9.10. The fraction of sp³-hybridized carbons (Fsp3) is 0.583. The Morgan fingerprint density at radius 2 is 2.40 bits per heavy atom. The number of imidazole rings is 1. The molecular weight excluding hydrogens is 186 g/mol. The summed E-state index contributed by atoms with van der Waals surface area (Å²) in [5, 5.41) is 0. The molecule has 3 heteroatoms. The molecule has 3 nitrogen and oxygen atoms in total. The highest BCUT2D eigenvalue weighted by molar-refractivity contribution is 5.00. The largest absolute Gasteiger partial charge is 0.334 e. The van der Waals surface area contributed by atoms with Gasteiger partial charge in [-0.15, -0.1) is 0 Å². The molecule has 0 amide bonds. The number of allylic oxidation sites excluding steroid dienone is 2. The van der Waals surface area contributed by atoms with Gasteiger partial charge in [-0.05, 0) is 31.7 Å². The third-order valence-electron chi connectivity index (χ3n) is 3.03. The van der Waals surface area contributed by atoms with Crippen molar-refractivity contribution in [2.75, 3.05) is 6.54 Å². The summed E-state index contributed by atoms with van der Waals surface area (Å²) in [7, 11) is 0. The molecule has 0 bridgehead atoms. The average molecular weight is 205 g/mol. The van der Waals surface area contributed by atoms with Crippen molar-refractivity contribution in [2.45, 2.75) is 32.2 Å². The Morgan fingerprint density at radius 1 is 1.47 bits per heavy atom. The Labute approximate surface area is 91.0 Å². The van der Waals surface area contributed by atoms with E-state index >= 15 is 0 Å². The van der Waals surface area contributed by atoms with Crippen LogP contribution in [-0.2, 0) is 13.0 Å². The van der Waals surface area contributed by atoms with Crippen LogP contribution in [0.5, 0.6) is 0 Å². The van der Waals surface area contributed by atoms with Gasteiger partial charge in [0.1, 0.15) is 0 Å². The molecule has 1 aliphatic carbocycles. The Kier molecular flexibility index (Phi) is 3.56. The van der Waals surface area contributed by atoms with Crippen molar-refractivity contribution in [1.82, 2.24) is 9.55 Å². The monoisotopic (exact) mass is 205 g/mol. The maximum Gasteiger partial charge on any atom is 0.0948 e. The first kappa shape index (κ1) is 10.4. The van der Waals surface area contributed by atoms with Gasteiger partial charge in [-0.25, -0.2) is 4.98 Å². The summed E-state index contributed by atoms with van der Waals surface area (Å²) in [6.07, 6.45) is 13.1. The van der Waals surface area contributed by atoms with E-state index in [-0.39, 0.29) is 0 Å². The van der Waals surface area contributed by atoms with E-state index in [1.54, 1.807) is 0 Å². The molecule has 0 spiro atoms. The number of nitrogens with zero attached hydrogens (tertiary/aromatic N) is 2. The molecule has 0 radical (unpaired) electrons. The summed E-state index contributed by atoms with van der Waals surface area (Å²) in [5.74, 6) is 0.778. The van der Waals surface area contributed by atoms with Crippen molar-refractivity contribution < 1.29 is 0 Å². The lowest BCUT2D eigenvalue weighted by molar-refractivity contribution is 0.404. The smallest absolute Gasteiger partial charge is 0.0948 e. The van der Waals surface area contributed by atoms with E-state index in [1.165, 1.54) is 25.0 Å². The number of nitrogens with two attached hydrogens (primary N) is 1. The van der Waals surface area contributed by atoms with Crippen LogP contribution in [0.1, 0.15) is 25.0 Å². The second-order valence-electron chi connectivity index (χ2n) is 4.23. The summed E-state index contributed by atoms with van der Waals surface area (Å²) < 4.78 is 2.26. The van der Waals surface area contributed by atoms with Crippen LogP contribution in [0.2, 0.25) is 0 Å². The third-order valence-corrected chi connectivity index (χ3v) is 3.03. The molecule has 15 heavy (non-hydrogen) atoms. The van der Waals surface area contributed by atoms with E-state index in [9.17, 15) is 0 Å². The fourth-order valence-corrected chi connectivity index (χ4v) is 2.17. The first-order valence-corrected chi connectivity index (χ1v) is 5.74. The second kappa shape index (κ2) is 5.12. The van der Waals surface area contributed by atoms with Crippen LogP contribution in [-0.4, -0.2) is 16.1 Å². The minimum Gasteiger partial charge on any atom is -0.334 e. The van der Waals surface area contributed by atoms with Crippen LogP contribution in [0.4, 0.5) is 0 Å². The lowest BCUT2D eigenvalue weighted by atomic mass is 9.94. The first-order valence-electron chi connectivity index (χ1n) is 5.74. The molecule has 2 N–H and O–H groups in total. The molecule has 1 aromatic heterocycles. The van der Waals surface area contributed by atoms with Crippen molar-refractivity contribution in [2.24, 2.45) is 11.7 Å². The summed E-state index contributed by atoms with van der Waals surface area (Å²) in [6, 6.07) is 0. The van der Waals surface area contributed by atoms with E-state index in [2.05, 4.69) is 21.7 Å². The molecule has 1 heterocycles. The van der Waals surface area contributed by atoms with Gasteiger partial charge >= 0.3 is 0 Å². The van der Waals surface area contributed by atoms with Gasteiger partial charge in [0.25, 0.3) is 0 Å². The molecule has 82 valence electrons. The predicted molar refractivity (Wildman–Crippen MR) is 61.5 cm³/mol.